The van der Waals surface area contributed by atoms with E-state index < -0.39 is 11.9 Å². The maximum absolute atomic E-state index is 11.8. The maximum Gasteiger partial charge on any atom is 0.308 e. The van der Waals surface area contributed by atoms with E-state index in [-0.39, 0.29) is 18.5 Å². The van der Waals surface area contributed by atoms with Crippen molar-refractivity contribution in [1.82, 2.24) is 10.6 Å². The molecule has 0 aromatic heterocycles. The topological polar surface area (TPSA) is 78.4 Å². The van der Waals surface area contributed by atoms with E-state index >= 15 is 0 Å². The molecule has 0 radical (unpaired) electrons. The van der Waals surface area contributed by atoms with Crippen LogP contribution in [0, 0.1) is 11.8 Å². The number of amides is 1. The summed E-state index contributed by atoms with van der Waals surface area (Å²) in [5, 5.41) is 14.8. The van der Waals surface area contributed by atoms with E-state index in [0.29, 0.717) is 12.3 Å². The Balaban J connectivity index is 2.35. The summed E-state index contributed by atoms with van der Waals surface area (Å²) in [4.78, 5) is 22.6. The van der Waals surface area contributed by atoms with Gasteiger partial charge in [-0.2, -0.15) is 0 Å². The van der Waals surface area contributed by atoms with Gasteiger partial charge in [0.2, 0.25) is 5.91 Å². The van der Waals surface area contributed by atoms with Crippen molar-refractivity contribution in [2.75, 3.05) is 13.1 Å². The van der Waals surface area contributed by atoms with Crippen molar-refractivity contribution in [3.63, 3.8) is 0 Å². The Morgan fingerprint density at radius 3 is 2.76 bits per heavy atom. The van der Waals surface area contributed by atoms with Gasteiger partial charge in [-0.25, -0.2) is 0 Å². The normalized spacial score (nSPS) is 26.2. The molecule has 0 bridgehead atoms. The summed E-state index contributed by atoms with van der Waals surface area (Å²) in [6.45, 7) is 5.02. The fraction of sp³-hybridized carbons (Fsp3) is 0.833. The van der Waals surface area contributed by atoms with Crippen molar-refractivity contribution in [2.45, 2.75) is 39.2 Å². The van der Waals surface area contributed by atoms with Crippen LogP contribution in [0.5, 0.6) is 0 Å². The predicted octanol–water partition coefficient (Wildman–Crippen LogP) is 0.602. The number of carbonyl (C=O) groups excluding carboxylic acids is 1. The molecule has 0 spiro atoms. The lowest BCUT2D eigenvalue weighted by Crippen LogP contribution is -2.49. The van der Waals surface area contributed by atoms with E-state index in [4.69, 9.17) is 5.11 Å². The Labute approximate surface area is 102 Å². The van der Waals surface area contributed by atoms with Gasteiger partial charge in [-0.1, -0.05) is 13.8 Å². The van der Waals surface area contributed by atoms with Crippen molar-refractivity contribution < 1.29 is 14.7 Å². The Hall–Kier alpha value is -1.10. The van der Waals surface area contributed by atoms with Crippen LogP contribution < -0.4 is 10.6 Å². The van der Waals surface area contributed by atoms with Crippen LogP contribution in [0.15, 0.2) is 0 Å². The minimum Gasteiger partial charge on any atom is -0.481 e. The van der Waals surface area contributed by atoms with Crippen molar-refractivity contribution in [3.05, 3.63) is 0 Å². The standard InChI is InChI=1S/C12H22N2O3/c1-3-9(12(16)17)7-14-11(15)10-6-8(2)4-5-13-10/h8-10,13H,3-7H2,1-2H3,(H,14,15)(H,16,17). The van der Waals surface area contributed by atoms with Crippen LogP contribution in [0.4, 0.5) is 0 Å². The second kappa shape index (κ2) is 6.59. The van der Waals surface area contributed by atoms with E-state index in [1.54, 1.807) is 0 Å². The first-order valence-corrected chi connectivity index (χ1v) is 6.28. The zero-order valence-corrected chi connectivity index (χ0v) is 10.5. The molecule has 1 fully saturated rings. The molecule has 3 unspecified atom stereocenters. The average molecular weight is 242 g/mol. The third-order valence-corrected chi connectivity index (χ3v) is 3.35. The van der Waals surface area contributed by atoms with Gasteiger partial charge in [0, 0.05) is 6.54 Å². The lowest BCUT2D eigenvalue weighted by Gasteiger charge is -2.27. The largest absolute Gasteiger partial charge is 0.481 e. The third-order valence-electron chi connectivity index (χ3n) is 3.35. The Bertz CT molecular complexity index is 281. The van der Waals surface area contributed by atoms with Gasteiger partial charge in [0.25, 0.3) is 0 Å². The van der Waals surface area contributed by atoms with E-state index in [9.17, 15) is 9.59 Å². The molecular weight excluding hydrogens is 220 g/mol. The highest BCUT2D eigenvalue weighted by Crippen LogP contribution is 2.15. The van der Waals surface area contributed by atoms with Crippen molar-refractivity contribution in [2.24, 2.45) is 11.8 Å². The Morgan fingerprint density at radius 1 is 1.53 bits per heavy atom. The average Bonchev–Trinajstić information content (AvgIpc) is 2.29. The lowest BCUT2D eigenvalue weighted by molar-refractivity contribution is -0.141. The number of hydrogen-bond acceptors (Lipinski definition) is 3. The zero-order valence-electron chi connectivity index (χ0n) is 10.5. The first-order chi connectivity index (χ1) is 8.04. The van der Waals surface area contributed by atoms with Crippen LogP contribution in [0.25, 0.3) is 0 Å². The third kappa shape index (κ3) is 4.34. The lowest BCUT2D eigenvalue weighted by atomic mass is 9.94. The molecule has 17 heavy (non-hydrogen) atoms. The molecule has 3 atom stereocenters. The summed E-state index contributed by atoms with van der Waals surface area (Å²) < 4.78 is 0. The van der Waals surface area contributed by atoms with Crippen molar-refractivity contribution in [3.8, 4) is 0 Å². The van der Waals surface area contributed by atoms with Gasteiger partial charge in [-0.15, -0.1) is 0 Å². The molecule has 0 saturated carbocycles. The summed E-state index contributed by atoms with van der Waals surface area (Å²) in [5.41, 5.74) is 0. The first kappa shape index (κ1) is 14.0. The molecule has 98 valence electrons. The Kier molecular flexibility index (Phi) is 5.41. The minimum atomic E-state index is -0.849. The van der Waals surface area contributed by atoms with E-state index in [2.05, 4.69) is 17.6 Å². The van der Waals surface area contributed by atoms with Crippen LogP contribution in [0.1, 0.15) is 33.1 Å². The van der Waals surface area contributed by atoms with Gasteiger partial charge in [-0.05, 0) is 31.7 Å². The number of carboxylic acid groups (broad SMARTS) is 1. The van der Waals surface area contributed by atoms with Crippen LogP contribution in [0.2, 0.25) is 0 Å². The van der Waals surface area contributed by atoms with Crippen LogP contribution in [-0.4, -0.2) is 36.1 Å². The summed E-state index contributed by atoms with van der Waals surface area (Å²) in [5.74, 6) is -0.859. The van der Waals surface area contributed by atoms with Crippen molar-refractivity contribution in [1.29, 1.82) is 0 Å². The maximum atomic E-state index is 11.8. The number of aliphatic carboxylic acids is 1. The van der Waals surface area contributed by atoms with Crippen molar-refractivity contribution >= 4 is 11.9 Å². The SMILES string of the molecule is CCC(CNC(=O)C1CC(C)CCN1)C(=O)O. The van der Waals surface area contributed by atoms with Gasteiger partial charge in [0.1, 0.15) is 0 Å². The molecule has 0 aliphatic carbocycles. The molecule has 1 aliphatic rings. The quantitative estimate of drug-likeness (QED) is 0.659. The van der Waals surface area contributed by atoms with Gasteiger partial charge in [0.05, 0.1) is 12.0 Å². The number of carbonyl (C=O) groups is 2. The molecule has 0 aromatic rings. The van der Waals surface area contributed by atoms with Gasteiger partial charge >= 0.3 is 5.97 Å². The summed E-state index contributed by atoms with van der Waals surface area (Å²) >= 11 is 0. The second-order valence-electron chi connectivity index (χ2n) is 4.82. The van der Waals surface area contributed by atoms with Gasteiger partial charge in [-0.3, -0.25) is 9.59 Å². The summed E-state index contributed by atoms with van der Waals surface area (Å²) in [6.07, 6.45) is 2.45. The molecule has 1 saturated heterocycles. The van der Waals surface area contributed by atoms with E-state index in [1.165, 1.54) is 0 Å². The van der Waals surface area contributed by atoms with Crippen LogP contribution in [-0.2, 0) is 9.59 Å². The molecule has 5 heteroatoms. The number of rotatable bonds is 5. The minimum absolute atomic E-state index is 0.0729. The number of nitrogens with one attached hydrogen (secondary N) is 2. The highest BCUT2D eigenvalue weighted by atomic mass is 16.4. The molecule has 1 rings (SSSR count). The predicted molar refractivity (Wildman–Crippen MR) is 64.6 cm³/mol. The number of piperidine rings is 1. The smallest absolute Gasteiger partial charge is 0.308 e. The highest BCUT2D eigenvalue weighted by molar-refractivity contribution is 5.82. The molecular formula is C12H22N2O3. The first-order valence-electron chi connectivity index (χ1n) is 6.28. The molecule has 1 aliphatic heterocycles. The molecule has 0 aromatic carbocycles. The fourth-order valence-corrected chi connectivity index (χ4v) is 2.06. The molecule has 1 amide bonds. The monoisotopic (exact) mass is 242 g/mol. The van der Waals surface area contributed by atoms with Crippen LogP contribution >= 0.6 is 0 Å². The van der Waals surface area contributed by atoms with Gasteiger partial charge in [0.15, 0.2) is 0 Å². The second-order valence-corrected chi connectivity index (χ2v) is 4.82. The molecule has 3 N–H and O–H groups in total. The van der Waals surface area contributed by atoms with E-state index in [1.807, 2.05) is 6.92 Å². The number of carboxylic acids is 1. The molecule has 1 heterocycles. The summed E-state index contributed by atoms with van der Waals surface area (Å²) in [7, 11) is 0. The van der Waals surface area contributed by atoms with E-state index in [0.717, 1.165) is 19.4 Å². The highest BCUT2D eigenvalue weighted by Gasteiger charge is 2.25. The fourth-order valence-electron chi connectivity index (χ4n) is 2.06. The molecule has 5 nitrogen and oxygen atoms in total. The number of hydrogen-bond donors (Lipinski definition) is 3. The van der Waals surface area contributed by atoms with Gasteiger partial charge < -0.3 is 15.7 Å². The Morgan fingerprint density at radius 2 is 2.24 bits per heavy atom. The summed E-state index contributed by atoms with van der Waals surface area (Å²) in [6, 6.07) is -0.162. The van der Waals surface area contributed by atoms with Crippen LogP contribution in [0.3, 0.4) is 0 Å². The zero-order chi connectivity index (χ0) is 12.8.